The highest BCUT2D eigenvalue weighted by molar-refractivity contribution is 6.03. The van der Waals surface area contributed by atoms with E-state index in [-0.39, 0.29) is 11.6 Å². The number of likely N-dealkylation sites (tertiary alicyclic amines) is 1. The lowest BCUT2D eigenvalue weighted by atomic mass is 10.2. The molecular formula is C23H22N4O3. The van der Waals surface area contributed by atoms with Crippen molar-refractivity contribution in [3.8, 4) is 5.69 Å². The fourth-order valence-corrected chi connectivity index (χ4v) is 3.52. The molecule has 30 heavy (non-hydrogen) atoms. The molecule has 0 saturated carbocycles. The summed E-state index contributed by atoms with van der Waals surface area (Å²) in [6.07, 6.45) is 2.06. The number of anilines is 1. The first kappa shape index (κ1) is 19.6. The minimum Gasteiger partial charge on any atom is -0.339 e. The lowest BCUT2D eigenvalue weighted by molar-refractivity contribution is 0.0792. The van der Waals surface area contributed by atoms with Crippen molar-refractivity contribution in [3.63, 3.8) is 0 Å². The van der Waals surface area contributed by atoms with Crippen molar-refractivity contribution in [1.82, 2.24) is 14.7 Å². The number of nitrogens with zero attached hydrogens (tertiary/aromatic N) is 3. The first-order valence-electron chi connectivity index (χ1n) is 9.90. The molecule has 1 aliphatic rings. The Morgan fingerprint density at radius 3 is 2.30 bits per heavy atom. The summed E-state index contributed by atoms with van der Waals surface area (Å²) in [5, 5.41) is 6.96. The maximum absolute atomic E-state index is 12.7. The predicted octanol–water partition coefficient (Wildman–Crippen LogP) is 3.03. The number of rotatable bonds is 4. The number of nitrogens with one attached hydrogen (secondary N) is 1. The second-order valence-corrected chi connectivity index (χ2v) is 7.28. The van der Waals surface area contributed by atoms with Crippen LogP contribution in [0.5, 0.6) is 0 Å². The van der Waals surface area contributed by atoms with Gasteiger partial charge in [-0.2, -0.15) is 5.10 Å². The highest BCUT2D eigenvalue weighted by atomic mass is 16.2. The van der Waals surface area contributed by atoms with E-state index in [0.717, 1.165) is 31.6 Å². The zero-order valence-electron chi connectivity index (χ0n) is 16.7. The average molecular weight is 402 g/mol. The van der Waals surface area contributed by atoms with Gasteiger partial charge >= 0.3 is 0 Å². The van der Waals surface area contributed by atoms with Crippen LogP contribution in [-0.4, -0.2) is 39.6 Å². The summed E-state index contributed by atoms with van der Waals surface area (Å²) >= 11 is 0. The zero-order chi connectivity index (χ0) is 21.1. The van der Waals surface area contributed by atoms with Gasteiger partial charge in [-0.3, -0.25) is 14.4 Å². The van der Waals surface area contributed by atoms with E-state index in [0.29, 0.717) is 16.9 Å². The molecule has 0 spiro atoms. The van der Waals surface area contributed by atoms with Gasteiger partial charge < -0.3 is 10.2 Å². The Kier molecular flexibility index (Phi) is 5.43. The maximum Gasteiger partial charge on any atom is 0.280 e. The van der Waals surface area contributed by atoms with E-state index < -0.39 is 11.3 Å². The quantitative estimate of drug-likeness (QED) is 0.727. The molecule has 0 unspecified atom stereocenters. The number of aromatic nitrogens is 2. The molecule has 0 aliphatic carbocycles. The van der Waals surface area contributed by atoms with Crippen molar-refractivity contribution in [2.45, 2.75) is 19.8 Å². The fourth-order valence-electron chi connectivity index (χ4n) is 3.52. The van der Waals surface area contributed by atoms with Gasteiger partial charge in [0, 0.05) is 36.1 Å². The van der Waals surface area contributed by atoms with Gasteiger partial charge in [0.1, 0.15) is 0 Å². The van der Waals surface area contributed by atoms with Gasteiger partial charge in [0.25, 0.3) is 11.8 Å². The van der Waals surface area contributed by atoms with Crippen LogP contribution in [0.1, 0.15) is 39.4 Å². The van der Waals surface area contributed by atoms with Gasteiger partial charge in [0.15, 0.2) is 5.69 Å². The van der Waals surface area contributed by atoms with Crippen LogP contribution >= 0.6 is 0 Å². The SMILES string of the molecule is Cc1cc(=O)c(C(=O)Nc2ccc(C(=O)N3CCCC3)cc2)nn1-c1ccccc1. The van der Waals surface area contributed by atoms with Crippen molar-refractivity contribution >= 4 is 17.5 Å². The number of aryl methyl sites for hydroxylation is 1. The molecule has 4 rings (SSSR count). The van der Waals surface area contributed by atoms with E-state index in [2.05, 4.69) is 10.4 Å². The smallest absolute Gasteiger partial charge is 0.280 e. The minimum absolute atomic E-state index is 0.00340. The Morgan fingerprint density at radius 1 is 0.967 bits per heavy atom. The summed E-state index contributed by atoms with van der Waals surface area (Å²) in [5.74, 6) is -0.598. The standard InChI is InChI=1S/C23H22N4O3/c1-16-15-20(28)21(25-27(16)19-7-3-2-4-8-19)22(29)24-18-11-9-17(10-12-18)23(30)26-13-5-6-14-26/h2-4,7-12,15H,5-6,13-14H2,1H3,(H,24,29). The number of hydrogen-bond donors (Lipinski definition) is 1. The van der Waals surface area contributed by atoms with Gasteiger partial charge in [0.05, 0.1) is 5.69 Å². The summed E-state index contributed by atoms with van der Waals surface area (Å²) in [7, 11) is 0. The number of amides is 2. The van der Waals surface area contributed by atoms with Crippen molar-refractivity contribution in [1.29, 1.82) is 0 Å². The molecule has 1 N–H and O–H groups in total. The average Bonchev–Trinajstić information content (AvgIpc) is 3.29. The first-order valence-corrected chi connectivity index (χ1v) is 9.90. The Bertz CT molecular complexity index is 1130. The lowest BCUT2D eigenvalue weighted by Crippen LogP contribution is -2.28. The van der Waals surface area contributed by atoms with Crippen LogP contribution in [0.4, 0.5) is 5.69 Å². The number of carbonyl (C=O) groups is 2. The van der Waals surface area contributed by atoms with Crippen LogP contribution in [0.2, 0.25) is 0 Å². The third kappa shape index (κ3) is 4.00. The molecule has 0 atom stereocenters. The molecule has 2 amide bonds. The van der Waals surface area contributed by atoms with Gasteiger partial charge in [-0.1, -0.05) is 18.2 Å². The van der Waals surface area contributed by atoms with Crippen LogP contribution in [-0.2, 0) is 0 Å². The summed E-state index contributed by atoms with van der Waals surface area (Å²) in [4.78, 5) is 39.3. The summed E-state index contributed by atoms with van der Waals surface area (Å²) in [6.45, 7) is 3.33. The van der Waals surface area contributed by atoms with Gasteiger partial charge in [-0.05, 0) is 56.2 Å². The van der Waals surface area contributed by atoms with Crippen molar-refractivity contribution in [2.75, 3.05) is 18.4 Å². The third-order valence-corrected chi connectivity index (χ3v) is 5.11. The lowest BCUT2D eigenvalue weighted by Gasteiger charge is -2.15. The van der Waals surface area contributed by atoms with E-state index in [4.69, 9.17) is 0 Å². The molecule has 1 aromatic heterocycles. The van der Waals surface area contributed by atoms with Gasteiger partial charge in [-0.15, -0.1) is 0 Å². The van der Waals surface area contributed by atoms with E-state index in [1.165, 1.54) is 6.07 Å². The highest BCUT2D eigenvalue weighted by Crippen LogP contribution is 2.16. The Labute approximate surface area is 174 Å². The molecule has 1 fully saturated rings. The second-order valence-electron chi connectivity index (χ2n) is 7.28. The molecule has 3 aromatic rings. The fraction of sp³-hybridized carbons (Fsp3) is 0.217. The molecule has 2 aromatic carbocycles. The molecule has 152 valence electrons. The number of para-hydroxylation sites is 1. The molecule has 0 bridgehead atoms. The third-order valence-electron chi connectivity index (χ3n) is 5.11. The van der Waals surface area contributed by atoms with Crippen LogP contribution in [0.25, 0.3) is 5.69 Å². The Morgan fingerprint density at radius 2 is 1.63 bits per heavy atom. The highest BCUT2D eigenvalue weighted by Gasteiger charge is 2.20. The van der Waals surface area contributed by atoms with Crippen LogP contribution < -0.4 is 10.7 Å². The maximum atomic E-state index is 12.7. The number of hydrogen-bond acceptors (Lipinski definition) is 4. The minimum atomic E-state index is -0.594. The molecule has 1 saturated heterocycles. The zero-order valence-corrected chi connectivity index (χ0v) is 16.7. The normalized spacial score (nSPS) is 13.3. The number of benzene rings is 2. The molecule has 0 radical (unpaired) electrons. The molecular weight excluding hydrogens is 380 g/mol. The second kappa shape index (κ2) is 8.32. The summed E-state index contributed by atoms with van der Waals surface area (Å²) in [6, 6.07) is 17.4. The van der Waals surface area contributed by atoms with Gasteiger partial charge in [-0.25, -0.2) is 4.68 Å². The summed E-state index contributed by atoms with van der Waals surface area (Å²) in [5.41, 5.74) is 1.82. The van der Waals surface area contributed by atoms with Crippen LogP contribution in [0, 0.1) is 6.92 Å². The molecule has 7 heteroatoms. The Hall–Kier alpha value is -3.74. The Balaban J connectivity index is 1.54. The van der Waals surface area contributed by atoms with Crippen LogP contribution in [0.15, 0.2) is 65.5 Å². The molecule has 7 nitrogen and oxygen atoms in total. The first-order chi connectivity index (χ1) is 14.5. The van der Waals surface area contributed by atoms with E-state index in [1.54, 1.807) is 35.9 Å². The van der Waals surface area contributed by atoms with Gasteiger partial charge in [0.2, 0.25) is 5.43 Å². The van der Waals surface area contributed by atoms with E-state index in [9.17, 15) is 14.4 Å². The van der Waals surface area contributed by atoms with Crippen molar-refractivity contribution < 1.29 is 9.59 Å². The van der Waals surface area contributed by atoms with E-state index in [1.807, 2.05) is 35.2 Å². The van der Waals surface area contributed by atoms with E-state index >= 15 is 0 Å². The van der Waals surface area contributed by atoms with Crippen molar-refractivity contribution in [2.24, 2.45) is 0 Å². The monoisotopic (exact) mass is 402 g/mol. The largest absolute Gasteiger partial charge is 0.339 e. The molecule has 1 aliphatic heterocycles. The van der Waals surface area contributed by atoms with Crippen LogP contribution in [0.3, 0.4) is 0 Å². The number of carbonyl (C=O) groups excluding carboxylic acids is 2. The predicted molar refractivity (Wildman–Crippen MR) is 114 cm³/mol. The summed E-state index contributed by atoms with van der Waals surface area (Å²) < 4.78 is 1.56. The van der Waals surface area contributed by atoms with Crippen molar-refractivity contribution in [3.05, 3.63) is 87.8 Å². The molecule has 2 heterocycles. The topological polar surface area (TPSA) is 84.3 Å².